The van der Waals surface area contributed by atoms with Crippen LogP contribution in [0.5, 0.6) is 0 Å². The Hall–Kier alpha value is -4.41. The third kappa shape index (κ3) is 11.7. The van der Waals surface area contributed by atoms with Crippen LogP contribution in [0.15, 0.2) is 60.7 Å². The Balaban J connectivity index is 2.15. The normalized spacial score (nSPS) is 13.0. The molecule has 0 aliphatic carbocycles. The summed E-state index contributed by atoms with van der Waals surface area (Å²) in [4.78, 5) is 61.3. The van der Waals surface area contributed by atoms with Gasteiger partial charge in [0.2, 0.25) is 11.8 Å². The second-order valence-electron chi connectivity index (χ2n) is 9.47. The van der Waals surface area contributed by atoms with E-state index < -0.39 is 54.4 Å². The average Bonchev–Trinajstić information content (AvgIpc) is 2.89. The first kappa shape index (κ1) is 30.8. The van der Waals surface area contributed by atoms with Crippen molar-refractivity contribution in [2.75, 3.05) is 0 Å². The van der Waals surface area contributed by atoms with Gasteiger partial charge in [-0.25, -0.2) is 9.59 Å². The molecule has 11 heteroatoms. The fourth-order valence-corrected chi connectivity index (χ4v) is 3.74. The predicted octanol–water partition coefficient (Wildman–Crippen LogP) is 2.49. The number of aliphatic carboxylic acids is 2. The van der Waals surface area contributed by atoms with Gasteiger partial charge in [0.05, 0.1) is 0 Å². The van der Waals surface area contributed by atoms with Crippen molar-refractivity contribution in [3.05, 3.63) is 71.8 Å². The number of carboxylic acid groups (broad SMARTS) is 2. The molecule has 0 radical (unpaired) electrons. The molecule has 0 fully saturated rings. The van der Waals surface area contributed by atoms with Crippen molar-refractivity contribution >= 4 is 29.8 Å². The lowest BCUT2D eigenvalue weighted by atomic mass is 10.0. The second-order valence-corrected chi connectivity index (χ2v) is 9.47. The Kier molecular flexibility index (Phi) is 12.4. The number of carbonyl (C=O) groups excluding carboxylic acids is 3. The first-order valence-corrected chi connectivity index (χ1v) is 12.6. The highest BCUT2D eigenvalue weighted by molar-refractivity contribution is 5.93. The van der Waals surface area contributed by atoms with Crippen molar-refractivity contribution in [3.63, 3.8) is 0 Å². The monoisotopic (exact) mass is 541 g/mol. The van der Waals surface area contributed by atoms with E-state index in [0.717, 1.165) is 11.1 Å². The van der Waals surface area contributed by atoms with E-state index in [1.807, 2.05) is 26.0 Å². The smallest absolute Gasteiger partial charge is 0.408 e. The van der Waals surface area contributed by atoms with E-state index in [1.165, 1.54) is 0 Å². The predicted molar refractivity (Wildman–Crippen MR) is 142 cm³/mol. The molecule has 0 heterocycles. The number of alkyl carbamates (subject to hydrolysis) is 1. The van der Waals surface area contributed by atoms with Crippen LogP contribution in [-0.4, -0.2) is 58.2 Å². The van der Waals surface area contributed by atoms with Gasteiger partial charge in [0, 0.05) is 12.8 Å². The number of rotatable bonds is 15. The maximum atomic E-state index is 13.3. The maximum absolute atomic E-state index is 13.3. The molecule has 2 aromatic rings. The van der Waals surface area contributed by atoms with Crippen LogP contribution in [0, 0.1) is 5.92 Å². The standard InChI is InChI=1S/C28H35N3O8/c1-18(2)15-22(25(34)29-21(27(36)37)13-14-24(32)33)30-26(35)23(16-19-9-5-3-6-10-19)31-28(38)39-17-20-11-7-4-8-12-20/h3-12,18,21-23H,13-17H2,1-2H3,(H,29,34)(H,30,35)(H,31,38)(H,32,33)(H,36,37)/t21-,22-,23-/m0/s1. The van der Waals surface area contributed by atoms with E-state index in [1.54, 1.807) is 48.5 Å². The van der Waals surface area contributed by atoms with Gasteiger partial charge in [-0.15, -0.1) is 0 Å². The minimum absolute atomic E-state index is 0.00233. The summed E-state index contributed by atoms with van der Waals surface area (Å²) in [6.07, 6.45) is -1.30. The molecule has 39 heavy (non-hydrogen) atoms. The first-order chi connectivity index (χ1) is 18.5. The number of amides is 3. The lowest BCUT2D eigenvalue weighted by molar-refractivity contribution is -0.143. The molecule has 0 bridgehead atoms. The molecular formula is C28H35N3O8. The molecule has 210 valence electrons. The zero-order chi connectivity index (χ0) is 28.8. The summed E-state index contributed by atoms with van der Waals surface area (Å²) >= 11 is 0. The van der Waals surface area contributed by atoms with Gasteiger partial charge in [-0.05, 0) is 29.9 Å². The summed E-state index contributed by atoms with van der Waals surface area (Å²) in [7, 11) is 0. The van der Waals surface area contributed by atoms with Crippen LogP contribution in [-0.2, 0) is 36.9 Å². The summed E-state index contributed by atoms with van der Waals surface area (Å²) in [6.45, 7) is 3.65. The number of carboxylic acids is 2. The van der Waals surface area contributed by atoms with Gasteiger partial charge in [0.25, 0.3) is 0 Å². The Labute approximate surface area is 226 Å². The van der Waals surface area contributed by atoms with E-state index in [4.69, 9.17) is 9.84 Å². The molecule has 2 rings (SSSR count). The van der Waals surface area contributed by atoms with Crippen LogP contribution in [0.1, 0.15) is 44.2 Å². The molecule has 0 saturated carbocycles. The SMILES string of the molecule is CC(C)C[C@H](NC(=O)[C@H](Cc1ccccc1)NC(=O)OCc1ccccc1)C(=O)N[C@@H](CCC(=O)O)C(=O)O. The topological polar surface area (TPSA) is 171 Å². The Morgan fingerprint density at radius 2 is 1.28 bits per heavy atom. The van der Waals surface area contributed by atoms with Gasteiger partial charge in [0.15, 0.2) is 0 Å². The van der Waals surface area contributed by atoms with Gasteiger partial charge in [-0.3, -0.25) is 14.4 Å². The third-order valence-corrected chi connectivity index (χ3v) is 5.71. The highest BCUT2D eigenvalue weighted by Crippen LogP contribution is 2.10. The Morgan fingerprint density at radius 1 is 0.744 bits per heavy atom. The van der Waals surface area contributed by atoms with Gasteiger partial charge < -0.3 is 30.9 Å². The quantitative estimate of drug-likeness (QED) is 0.229. The summed E-state index contributed by atoms with van der Waals surface area (Å²) in [5, 5.41) is 25.8. The van der Waals surface area contributed by atoms with Gasteiger partial charge in [-0.1, -0.05) is 74.5 Å². The van der Waals surface area contributed by atoms with Crippen molar-refractivity contribution in [2.24, 2.45) is 5.92 Å². The van der Waals surface area contributed by atoms with Gasteiger partial charge >= 0.3 is 18.0 Å². The van der Waals surface area contributed by atoms with E-state index >= 15 is 0 Å². The molecule has 11 nitrogen and oxygen atoms in total. The zero-order valence-electron chi connectivity index (χ0n) is 22.0. The van der Waals surface area contributed by atoms with Crippen LogP contribution >= 0.6 is 0 Å². The third-order valence-electron chi connectivity index (χ3n) is 5.71. The Morgan fingerprint density at radius 3 is 1.82 bits per heavy atom. The summed E-state index contributed by atoms with van der Waals surface area (Å²) in [6, 6.07) is 14.3. The maximum Gasteiger partial charge on any atom is 0.408 e. The molecule has 0 aliphatic heterocycles. The highest BCUT2D eigenvalue weighted by Gasteiger charge is 2.30. The van der Waals surface area contributed by atoms with Gasteiger partial charge in [0.1, 0.15) is 24.7 Å². The van der Waals surface area contributed by atoms with Crippen LogP contribution < -0.4 is 16.0 Å². The molecule has 0 unspecified atom stereocenters. The minimum atomic E-state index is -1.44. The van der Waals surface area contributed by atoms with E-state index in [2.05, 4.69) is 16.0 Å². The molecule has 2 aromatic carbocycles. The first-order valence-electron chi connectivity index (χ1n) is 12.6. The lowest BCUT2D eigenvalue weighted by Crippen LogP contribution is -2.56. The van der Waals surface area contributed by atoms with Crippen LogP contribution in [0.2, 0.25) is 0 Å². The van der Waals surface area contributed by atoms with Crippen molar-refractivity contribution < 1.29 is 38.9 Å². The van der Waals surface area contributed by atoms with Crippen molar-refractivity contribution in [3.8, 4) is 0 Å². The molecular weight excluding hydrogens is 506 g/mol. The summed E-state index contributed by atoms with van der Waals surface area (Å²) in [5.41, 5.74) is 1.52. The zero-order valence-corrected chi connectivity index (χ0v) is 22.0. The molecule has 5 N–H and O–H groups in total. The average molecular weight is 542 g/mol. The lowest BCUT2D eigenvalue weighted by Gasteiger charge is -2.25. The minimum Gasteiger partial charge on any atom is -0.481 e. The second kappa shape index (κ2) is 15.8. The number of nitrogens with one attached hydrogen (secondary N) is 3. The van der Waals surface area contributed by atoms with Gasteiger partial charge in [-0.2, -0.15) is 0 Å². The fourth-order valence-electron chi connectivity index (χ4n) is 3.74. The molecule has 0 aromatic heterocycles. The van der Waals surface area contributed by atoms with Crippen molar-refractivity contribution in [1.82, 2.24) is 16.0 Å². The fraction of sp³-hybridized carbons (Fsp3) is 0.393. The molecule has 0 aliphatic rings. The van der Waals surface area contributed by atoms with E-state index in [0.29, 0.717) is 0 Å². The van der Waals surface area contributed by atoms with Crippen molar-refractivity contribution in [1.29, 1.82) is 0 Å². The summed E-state index contributed by atoms with van der Waals surface area (Å²) in [5.74, 6) is -4.06. The highest BCUT2D eigenvalue weighted by atomic mass is 16.5. The number of hydrogen-bond donors (Lipinski definition) is 5. The number of carbonyl (C=O) groups is 5. The molecule has 0 saturated heterocycles. The van der Waals surface area contributed by atoms with Crippen molar-refractivity contribution in [2.45, 2.75) is 64.3 Å². The molecule has 3 amide bonds. The molecule has 0 spiro atoms. The van der Waals surface area contributed by atoms with Crippen LogP contribution in [0.25, 0.3) is 0 Å². The largest absolute Gasteiger partial charge is 0.481 e. The number of ether oxygens (including phenoxy) is 1. The Bertz CT molecular complexity index is 1110. The van der Waals surface area contributed by atoms with Crippen LogP contribution in [0.3, 0.4) is 0 Å². The van der Waals surface area contributed by atoms with E-state index in [9.17, 15) is 29.1 Å². The summed E-state index contributed by atoms with van der Waals surface area (Å²) < 4.78 is 5.27. The number of hydrogen-bond acceptors (Lipinski definition) is 6. The van der Waals surface area contributed by atoms with Crippen LogP contribution in [0.4, 0.5) is 4.79 Å². The molecule has 3 atom stereocenters. The van der Waals surface area contributed by atoms with E-state index in [-0.39, 0.29) is 31.8 Å². The number of benzene rings is 2.